The Morgan fingerprint density at radius 2 is 1.76 bits per heavy atom. The summed E-state index contributed by atoms with van der Waals surface area (Å²) in [6.07, 6.45) is 35.3. The van der Waals surface area contributed by atoms with Gasteiger partial charge in [-0.1, -0.05) is 141 Å². The lowest BCUT2D eigenvalue weighted by atomic mass is 9.75. The molecule has 5 heteroatoms. The third-order valence-electron chi connectivity index (χ3n) is 11.7. The van der Waals surface area contributed by atoms with Crippen molar-refractivity contribution in [1.82, 2.24) is 0 Å². The van der Waals surface area contributed by atoms with E-state index in [0.29, 0.717) is 5.84 Å². The summed E-state index contributed by atoms with van der Waals surface area (Å²) >= 11 is 0. The minimum absolute atomic E-state index is 0.0625. The second kappa shape index (κ2) is 13.5. The number of nitrogens with zero attached hydrogens (tertiary/aromatic N) is 2. The molecule has 0 spiro atoms. The summed E-state index contributed by atoms with van der Waals surface area (Å²) in [7, 11) is 0. The highest BCUT2D eigenvalue weighted by molar-refractivity contribution is 6.25. The van der Waals surface area contributed by atoms with Gasteiger partial charge in [-0.15, -0.1) is 0 Å². The highest BCUT2D eigenvalue weighted by Crippen LogP contribution is 2.45. The molecule has 0 amide bonds. The molecule has 4 aromatic rings. The molecule has 0 fully saturated rings. The zero-order chi connectivity index (χ0) is 36.9. The fourth-order valence-corrected chi connectivity index (χ4v) is 8.82. The molecule has 3 aromatic carbocycles. The number of allylic oxidation sites excluding steroid dienone is 16. The van der Waals surface area contributed by atoms with Crippen molar-refractivity contribution < 1.29 is 9.15 Å². The molecule has 1 aliphatic heterocycles. The van der Waals surface area contributed by atoms with Gasteiger partial charge < -0.3 is 15.0 Å². The van der Waals surface area contributed by atoms with Gasteiger partial charge in [0.1, 0.15) is 23.0 Å². The molecular weight excluding hydrogens is 663 g/mol. The molecule has 4 aliphatic carbocycles. The van der Waals surface area contributed by atoms with Gasteiger partial charge in [0.15, 0.2) is 5.84 Å². The average Bonchev–Trinajstić information content (AvgIpc) is 3.78. The number of para-hydroxylation sites is 1. The summed E-state index contributed by atoms with van der Waals surface area (Å²) in [5.41, 5.74) is 10.2. The van der Waals surface area contributed by atoms with E-state index in [-0.39, 0.29) is 22.9 Å². The van der Waals surface area contributed by atoms with Crippen molar-refractivity contribution in [3.8, 4) is 5.75 Å². The van der Waals surface area contributed by atoms with Crippen molar-refractivity contribution in [1.29, 1.82) is 0 Å². The van der Waals surface area contributed by atoms with Crippen LogP contribution in [-0.2, 0) is 5.41 Å². The minimum atomic E-state index is -0.197. The van der Waals surface area contributed by atoms with E-state index < -0.39 is 0 Å². The Hall–Kier alpha value is -5.94. The minimum Gasteiger partial charge on any atom is -0.485 e. The van der Waals surface area contributed by atoms with Crippen LogP contribution in [-0.4, -0.2) is 17.7 Å². The predicted octanol–water partition coefficient (Wildman–Crippen LogP) is 11.6. The maximum Gasteiger partial charge on any atom is 0.180 e. The number of aliphatic imine (C=N–C) groups is 1. The van der Waals surface area contributed by atoms with E-state index in [4.69, 9.17) is 20.0 Å². The van der Waals surface area contributed by atoms with E-state index in [1.54, 1.807) is 0 Å². The van der Waals surface area contributed by atoms with Gasteiger partial charge in [-0.05, 0) is 79.2 Å². The molecule has 2 heterocycles. The number of benzene rings is 3. The molecule has 2 N–H and O–H groups in total. The summed E-state index contributed by atoms with van der Waals surface area (Å²) in [4.78, 5) is 5.44. The van der Waals surface area contributed by atoms with Crippen LogP contribution >= 0.6 is 0 Å². The van der Waals surface area contributed by atoms with Crippen LogP contribution in [0.4, 0.5) is 0 Å². The number of hydrazone groups is 1. The van der Waals surface area contributed by atoms with E-state index in [9.17, 15) is 0 Å². The zero-order valence-electron chi connectivity index (χ0n) is 31.1. The van der Waals surface area contributed by atoms with Crippen molar-refractivity contribution in [2.24, 2.45) is 21.4 Å². The number of hydrogen-bond donors (Lipinski definition) is 1. The van der Waals surface area contributed by atoms with Gasteiger partial charge in [0, 0.05) is 38.6 Å². The second-order valence-corrected chi connectivity index (χ2v) is 15.5. The number of furan rings is 1. The first-order valence-electron chi connectivity index (χ1n) is 19.1. The fraction of sp³-hybridized carbons (Fsp3) is 0.224. The molecule has 5 aliphatic rings. The Morgan fingerprint density at radius 1 is 0.907 bits per heavy atom. The van der Waals surface area contributed by atoms with Crippen molar-refractivity contribution in [2.75, 3.05) is 0 Å². The molecule has 4 atom stereocenters. The fourth-order valence-electron chi connectivity index (χ4n) is 8.82. The topological polar surface area (TPSA) is 73.1 Å². The Kier molecular flexibility index (Phi) is 8.45. The summed E-state index contributed by atoms with van der Waals surface area (Å²) in [6, 6.07) is 20.7. The highest BCUT2D eigenvalue weighted by atomic mass is 16.5. The lowest BCUT2D eigenvalue weighted by Gasteiger charge is -2.30. The Bertz CT molecular complexity index is 2540. The molecule has 0 bridgehead atoms. The first-order valence-corrected chi connectivity index (χ1v) is 19.1. The second-order valence-electron chi connectivity index (χ2n) is 15.5. The smallest absolute Gasteiger partial charge is 0.180 e. The predicted molar refractivity (Wildman–Crippen MR) is 223 cm³/mol. The maximum absolute atomic E-state index is 6.53. The van der Waals surface area contributed by atoms with Gasteiger partial charge in [-0.3, -0.25) is 0 Å². The van der Waals surface area contributed by atoms with Gasteiger partial charge in [-0.2, -0.15) is 5.10 Å². The number of rotatable bonds is 6. The third kappa shape index (κ3) is 5.89. The summed E-state index contributed by atoms with van der Waals surface area (Å²) in [6.45, 7) is 6.68. The van der Waals surface area contributed by atoms with Crippen LogP contribution in [0.25, 0.3) is 21.9 Å². The normalized spacial score (nSPS) is 26.4. The van der Waals surface area contributed by atoms with Crippen LogP contribution in [0.15, 0.2) is 183 Å². The first kappa shape index (κ1) is 33.9. The lowest BCUT2D eigenvalue weighted by Crippen LogP contribution is -2.21. The average molecular weight is 708 g/mol. The van der Waals surface area contributed by atoms with E-state index in [2.05, 4.69) is 147 Å². The molecule has 9 rings (SSSR count). The monoisotopic (exact) mass is 707 g/mol. The molecular formula is C49H45N3O2. The van der Waals surface area contributed by atoms with E-state index in [1.165, 1.54) is 22.3 Å². The van der Waals surface area contributed by atoms with Gasteiger partial charge in [0.05, 0.1) is 5.71 Å². The summed E-state index contributed by atoms with van der Waals surface area (Å²) in [5.74, 6) is 7.81. The Balaban J connectivity index is 1.18. The van der Waals surface area contributed by atoms with E-state index in [1.807, 2.05) is 24.3 Å². The lowest BCUT2D eigenvalue weighted by molar-refractivity contribution is 0.268. The van der Waals surface area contributed by atoms with Crippen LogP contribution in [0.1, 0.15) is 69.1 Å². The number of hydrogen-bond acceptors (Lipinski definition) is 4. The maximum atomic E-state index is 6.53. The Labute approximate surface area is 317 Å². The number of ether oxygens (including phenoxy) is 1. The van der Waals surface area contributed by atoms with Crippen LogP contribution in [0, 0.1) is 5.41 Å². The number of fused-ring (bicyclic) bond motifs is 6. The van der Waals surface area contributed by atoms with Gasteiger partial charge in [0.25, 0.3) is 0 Å². The molecule has 5 nitrogen and oxygen atoms in total. The van der Waals surface area contributed by atoms with Gasteiger partial charge in [-0.25, -0.2) is 4.99 Å². The molecule has 54 heavy (non-hydrogen) atoms. The van der Waals surface area contributed by atoms with Crippen LogP contribution in [0.3, 0.4) is 0 Å². The van der Waals surface area contributed by atoms with Crippen molar-refractivity contribution >= 4 is 33.5 Å². The van der Waals surface area contributed by atoms with Crippen LogP contribution < -0.4 is 10.6 Å². The molecule has 0 saturated heterocycles. The molecule has 4 unspecified atom stereocenters. The summed E-state index contributed by atoms with van der Waals surface area (Å²) in [5, 5.41) is 6.46. The molecule has 1 aromatic heterocycles. The SMILES string of the molecule is C/C=C(\C=C/C1(C)C=CC2=C(CCC=C2)C1)C(=N/C(=N\N)c1cccc2oc3cccc(C4(C)C=CC=CC4)c3c12)/C1=CC2c3ccccc3OC2C=C1. The highest BCUT2D eigenvalue weighted by Gasteiger charge is 2.34. The first-order chi connectivity index (χ1) is 26.4. The van der Waals surface area contributed by atoms with E-state index >= 15 is 0 Å². The molecule has 0 radical (unpaired) electrons. The summed E-state index contributed by atoms with van der Waals surface area (Å²) < 4.78 is 12.9. The quantitative estimate of drug-likeness (QED) is 0.0713. The molecule has 0 saturated carbocycles. The van der Waals surface area contributed by atoms with Crippen molar-refractivity contribution in [2.45, 2.75) is 63.9 Å². The Morgan fingerprint density at radius 3 is 2.59 bits per heavy atom. The van der Waals surface area contributed by atoms with E-state index in [0.717, 1.165) is 75.8 Å². The molecule has 268 valence electrons. The standard InChI is InChI=1S/C49H45N3O2/c1-4-32(24-28-48(2)29-25-33-14-6-7-15-35(33)31-48)46(34-22-23-41-38(30-34)36-16-8-9-19-40(36)53-41)51-47(52-50)37-17-12-20-42-44(37)45-39(18-13-21-43(45)54-42)49(3)26-10-5-11-27-49/h4-6,8-14,16-26,28-30,38,41H,7,15,27,31,50H2,1-3H3/b28-24-,32-4+,51-46-,52-47-. The van der Waals surface area contributed by atoms with Crippen LogP contribution in [0.5, 0.6) is 5.75 Å². The third-order valence-corrected chi connectivity index (χ3v) is 11.7. The zero-order valence-corrected chi connectivity index (χ0v) is 31.1. The van der Waals surface area contributed by atoms with Crippen molar-refractivity contribution in [3.05, 3.63) is 185 Å². The van der Waals surface area contributed by atoms with Crippen molar-refractivity contribution in [3.63, 3.8) is 0 Å². The number of amidine groups is 1. The van der Waals surface area contributed by atoms with Crippen LogP contribution in [0.2, 0.25) is 0 Å². The van der Waals surface area contributed by atoms with Gasteiger partial charge in [0.2, 0.25) is 0 Å². The van der Waals surface area contributed by atoms with Gasteiger partial charge >= 0.3 is 0 Å². The number of nitrogens with two attached hydrogens (primary N) is 1. The largest absolute Gasteiger partial charge is 0.485 e.